The van der Waals surface area contributed by atoms with E-state index >= 15 is 0 Å². The van der Waals surface area contributed by atoms with Gasteiger partial charge in [-0.2, -0.15) is 14.0 Å². The molecule has 0 aliphatic rings. The summed E-state index contributed by atoms with van der Waals surface area (Å²) >= 11 is 0. The van der Waals surface area contributed by atoms with Crippen LogP contribution in [0.15, 0.2) is 18.2 Å². The van der Waals surface area contributed by atoms with Gasteiger partial charge in [0.05, 0.1) is 11.9 Å². The standard InChI is InChI=1S/C14H18F2N2O3S/c1-10(2)9-11-12(18(14(15)16)22(3,19)20)5-4-6-13(11)21-8-7-17/h4-6,10,14H,8-9H2,1-3H3. The van der Waals surface area contributed by atoms with Crippen LogP contribution < -0.4 is 9.04 Å². The van der Waals surface area contributed by atoms with Crippen LogP contribution in [0.25, 0.3) is 0 Å². The van der Waals surface area contributed by atoms with Crippen LogP contribution in [0.5, 0.6) is 5.75 Å². The fraction of sp³-hybridized carbons (Fsp3) is 0.500. The van der Waals surface area contributed by atoms with E-state index in [1.165, 1.54) is 18.2 Å². The van der Waals surface area contributed by atoms with Gasteiger partial charge in [0, 0.05) is 5.56 Å². The normalized spacial score (nSPS) is 11.5. The lowest BCUT2D eigenvalue weighted by molar-refractivity contribution is 0.162. The zero-order valence-corrected chi connectivity index (χ0v) is 13.4. The van der Waals surface area contributed by atoms with Crippen LogP contribution in [0.4, 0.5) is 14.5 Å². The van der Waals surface area contributed by atoms with Crippen LogP contribution in [-0.2, 0) is 16.4 Å². The first kappa shape index (κ1) is 18.2. The monoisotopic (exact) mass is 332 g/mol. The van der Waals surface area contributed by atoms with E-state index in [1.807, 2.05) is 13.8 Å². The highest BCUT2D eigenvalue weighted by Gasteiger charge is 2.30. The Balaban J connectivity index is 3.48. The molecule has 0 aliphatic carbocycles. The molecule has 5 nitrogen and oxygen atoms in total. The lowest BCUT2D eigenvalue weighted by Gasteiger charge is -2.25. The molecule has 0 saturated heterocycles. The zero-order valence-electron chi connectivity index (χ0n) is 12.6. The van der Waals surface area contributed by atoms with E-state index in [-0.39, 0.29) is 28.3 Å². The van der Waals surface area contributed by atoms with Crippen molar-refractivity contribution in [1.29, 1.82) is 5.26 Å². The van der Waals surface area contributed by atoms with Crippen LogP contribution >= 0.6 is 0 Å². The van der Waals surface area contributed by atoms with Gasteiger partial charge in [0.2, 0.25) is 10.0 Å². The van der Waals surface area contributed by atoms with Crippen molar-refractivity contribution in [2.45, 2.75) is 26.8 Å². The second kappa shape index (κ2) is 7.40. The Labute approximate surface area is 129 Å². The molecule has 0 aliphatic heterocycles. The summed E-state index contributed by atoms with van der Waals surface area (Å²) in [5.41, 5.74) is 0.222. The maximum absolute atomic E-state index is 13.2. The van der Waals surface area contributed by atoms with Gasteiger partial charge in [-0.25, -0.2) is 12.7 Å². The average molecular weight is 332 g/mol. The number of sulfonamides is 1. The summed E-state index contributed by atoms with van der Waals surface area (Å²) in [5.74, 6) is 0.326. The van der Waals surface area contributed by atoms with Gasteiger partial charge >= 0.3 is 6.55 Å². The second-order valence-electron chi connectivity index (χ2n) is 5.14. The number of benzene rings is 1. The third-order valence-electron chi connectivity index (χ3n) is 2.78. The van der Waals surface area contributed by atoms with E-state index < -0.39 is 16.6 Å². The van der Waals surface area contributed by atoms with Crippen molar-refractivity contribution in [3.05, 3.63) is 23.8 Å². The highest BCUT2D eigenvalue weighted by atomic mass is 32.2. The van der Waals surface area contributed by atoms with Crippen molar-refractivity contribution >= 4 is 15.7 Å². The molecule has 0 spiro atoms. The topological polar surface area (TPSA) is 70.4 Å². The molecule has 1 rings (SSSR count). The van der Waals surface area contributed by atoms with Gasteiger partial charge < -0.3 is 4.74 Å². The minimum atomic E-state index is -4.15. The molecule has 1 aromatic rings. The van der Waals surface area contributed by atoms with Crippen molar-refractivity contribution in [3.8, 4) is 11.8 Å². The molecule has 0 aromatic heterocycles. The highest BCUT2D eigenvalue weighted by molar-refractivity contribution is 7.92. The van der Waals surface area contributed by atoms with Gasteiger partial charge in [-0.05, 0) is 24.5 Å². The Morgan fingerprint density at radius 3 is 2.45 bits per heavy atom. The maximum atomic E-state index is 13.2. The first-order chi connectivity index (χ1) is 10.2. The lowest BCUT2D eigenvalue weighted by atomic mass is 10.00. The van der Waals surface area contributed by atoms with Gasteiger partial charge in [0.15, 0.2) is 6.61 Å². The highest BCUT2D eigenvalue weighted by Crippen LogP contribution is 2.34. The molecule has 0 unspecified atom stereocenters. The van der Waals surface area contributed by atoms with Gasteiger partial charge in [-0.1, -0.05) is 19.9 Å². The number of anilines is 1. The van der Waals surface area contributed by atoms with Crippen LogP contribution in [0, 0.1) is 17.2 Å². The van der Waals surface area contributed by atoms with E-state index in [9.17, 15) is 17.2 Å². The van der Waals surface area contributed by atoms with Crippen molar-refractivity contribution in [1.82, 2.24) is 0 Å². The van der Waals surface area contributed by atoms with E-state index in [4.69, 9.17) is 10.00 Å². The lowest BCUT2D eigenvalue weighted by Crippen LogP contribution is -2.35. The summed E-state index contributed by atoms with van der Waals surface area (Å²) in [6, 6.07) is 6.06. The molecule has 0 bridgehead atoms. The molecule has 22 heavy (non-hydrogen) atoms. The smallest absolute Gasteiger partial charge is 0.327 e. The van der Waals surface area contributed by atoms with Crippen LogP contribution in [0.2, 0.25) is 0 Å². The Kier molecular flexibility index (Phi) is 6.11. The summed E-state index contributed by atoms with van der Waals surface area (Å²) in [7, 11) is -4.15. The Morgan fingerprint density at radius 1 is 1.36 bits per heavy atom. The minimum Gasteiger partial charge on any atom is -0.478 e. The van der Waals surface area contributed by atoms with E-state index in [0.717, 1.165) is 6.26 Å². The first-order valence-electron chi connectivity index (χ1n) is 6.57. The number of alkyl halides is 2. The first-order valence-corrected chi connectivity index (χ1v) is 8.42. The summed E-state index contributed by atoms with van der Waals surface area (Å²) < 4.78 is 55.2. The van der Waals surface area contributed by atoms with E-state index in [1.54, 1.807) is 6.07 Å². The third kappa shape index (κ3) is 4.56. The molecule has 8 heteroatoms. The predicted molar refractivity (Wildman–Crippen MR) is 79.4 cm³/mol. The van der Waals surface area contributed by atoms with E-state index in [0.29, 0.717) is 12.0 Å². The largest absolute Gasteiger partial charge is 0.478 e. The fourth-order valence-electron chi connectivity index (χ4n) is 2.05. The van der Waals surface area contributed by atoms with Gasteiger partial charge in [0.25, 0.3) is 0 Å². The summed E-state index contributed by atoms with van der Waals surface area (Å²) in [4.78, 5) is 0. The van der Waals surface area contributed by atoms with Crippen LogP contribution in [0.1, 0.15) is 19.4 Å². The minimum absolute atomic E-state index is 0.0734. The molecular weight excluding hydrogens is 314 g/mol. The van der Waals surface area contributed by atoms with Crippen LogP contribution in [0.3, 0.4) is 0 Å². The van der Waals surface area contributed by atoms with Crippen LogP contribution in [-0.4, -0.2) is 27.8 Å². The Hall–Kier alpha value is -1.88. The van der Waals surface area contributed by atoms with Crippen molar-refractivity contribution in [2.24, 2.45) is 5.92 Å². The molecule has 122 valence electrons. The summed E-state index contributed by atoms with van der Waals surface area (Å²) in [6.45, 7) is 0.296. The molecule has 0 saturated carbocycles. The van der Waals surface area contributed by atoms with Crippen molar-refractivity contribution in [2.75, 3.05) is 17.2 Å². The molecule has 0 N–H and O–H groups in total. The maximum Gasteiger partial charge on any atom is 0.327 e. The number of rotatable bonds is 7. The quantitative estimate of drug-likeness (QED) is 0.720. The van der Waals surface area contributed by atoms with Crippen molar-refractivity contribution in [3.63, 3.8) is 0 Å². The number of ether oxygens (including phenoxy) is 1. The molecule has 0 heterocycles. The SMILES string of the molecule is CC(C)Cc1c(OCC#N)cccc1N(C(F)F)S(C)(=O)=O. The zero-order chi connectivity index (χ0) is 16.9. The number of nitriles is 1. The Bertz CT molecular complexity index is 655. The average Bonchev–Trinajstić information content (AvgIpc) is 2.36. The van der Waals surface area contributed by atoms with Gasteiger partial charge in [-0.3, -0.25) is 0 Å². The molecule has 1 aromatic carbocycles. The molecule has 0 amide bonds. The number of nitrogens with zero attached hydrogens (tertiary/aromatic N) is 2. The van der Waals surface area contributed by atoms with Gasteiger partial charge in [-0.15, -0.1) is 0 Å². The summed E-state index contributed by atoms with van der Waals surface area (Å²) in [5, 5.41) is 8.60. The molecule has 0 fully saturated rings. The fourth-order valence-corrected chi connectivity index (χ4v) is 2.87. The second-order valence-corrected chi connectivity index (χ2v) is 6.99. The van der Waals surface area contributed by atoms with Gasteiger partial charge in [0.1, 0.15) is 11.8 Å². The molecule has 0 atom stereocenters. The molecular formula is C14H18F2N2O3S. The Morgan fingerprint density at radius 2 is 2.00 bits per heavy atom. The van der Waals surface area contributed by atoms with Crippen molar-refractivity contribution < 1.29 is 21.9 Å². The number of hydrogen-bond acceptors (Lipinski definition) is 4. The number of hydrogen-bond donors (Lipinski definition) is 0. The molecule has 0 radical (unpaired) electrons. The summed E-state index contributed by atoms with van der Waals surface area (Å²) in [6.07, 6.45) is 1.07. The van der Waals surface area contributed by atoms with E-state index in [2.05, 4.69) is 0 Å². The predicted octanol–water partition coefficient (Wildman–Crippen LogP) is 2.78. The number of halogens is 2. The third-order valence-corrected chi connectivity index (χ3v) is 3.86.